The molecule has 12 heteroatoms. The predicted octanol–water partition coefficient (Wildman–Crippen LogP) is 29.9. The van der Waals surface area contributed by atoms with Crippen LogP contribution in [0.5, 0.6) is 0 Å². The van der Waals surface area contributed by atoms with Crippen LogP contribution in [-0.4, -0.2) is 44.9 Å². The Hall–Kier alpha value is -17.4. The van der Waals surface area contributed by atoms with Gasteiger partial charge in [-0.05, 0) is 115 Å². The molecular weight excluding hydrogens is 1560 g/mol. The third-order valence-corrected chi connectivity index (χ3v) is 23.6. The molecule has 0 fully saturated rings. The normalized spacial score (nSPS) is 11.5. The van der Waals surface area contributed by atoms with Gasteiger partial charge in [0.1, 0.15) is 33.5 Å². The SMILES string of the molecule is c1ccc(-c2ccc3oc4c5ccc(-c6nc(-c7ccccc7)nc(-c7ccccc7)n6)cc5ccc4c3c2)cc1.c1ccc(-c2nc(-c3ccccc3)nc(-c3ccc4ccc5c6cc(-c7cccc8ccccc78)ccc6oc5c4c3)n2)cc1.c1ccc(-c2nc(-c3ccccc3)nc(-c3cccc4c3ccc3c5cccc(-c6ccccc6)c5oc43)n2)cc1. The molecule has 594 valence electrons. The summed E-state index contributed by atoms with van der Waals surface area (Å²) in [6.07, 6.45) is 0. The number of nitrogens with zero attached hydrogens (tertiary/aromatic N) is 9. The van der Waals surface area contributed by atoms with Crippen LogP contribution in [-0.2, 0) is 0 Å². The van der Waals surface area contributed by atoms with Gasteiger partial charge < -0.3 is 13.3 Å². The average molecular weight is 1630 g/mol. The molecule has 0 aliphatic heterocycles. The number of benzene rings is 19. The van der Waals surface area contributed by atoms with E-state index in [0.29, 0.717) is 52.4 Å². The highest BCUT2D eigenvalue weighted by Gasteiger charge is 2.23. The summed E-state index contributed by atoms with van der Waals surface area (Å²) in [5, 5.41) is 15.4. The molecule has 0 saturated heterocycles. The van der Waals surface area contributed by atoms with Crippen molar-refractivity contribution in [3.63, 3.8) is 0 Å². The van der Waals surface area contributed by atoms with E-state index in [4.69, 9.17) is 58.1 Å². The molecule has 0 bridgehead atoms. The van der Waals surface area contributed by atoms with E-state index in [0.717, 1.165) is 159 Å². The minimum absolute atomic E-state index is 0.621. The minimum Gasteiger partial charge on any atom is -0.455 e. The van der Waals surface area contributed by atoms with Crippen molar-refractivity contribution < 1.29 is 13.3 Å². The van der Waals surface area contributed by atoms with Crippen molar-refractivity contribution in [2.45, 2.75) is 0 Å². The van der Waals surface area contributed by atoms with Crippen molar-refractivity contribution in [2.75, 3.05) is 0 Å². The Balaban J connectivity index is 0.000000109. The van der Waals surface area contributed by atoms with E-state index in [1.54, 1.807) is 0 Å². The smallest absolute Gasteiger partial charge is 0.164 e. The van der Waals surface area contributed by atoms with Gasteiger partial charge in [0.05, 0.1) is 0 Å². The summed E-state index contributed by atoms with van der Waals surface area (Å²) < 4.78 is 19.7. The zero-order valence-corrected chi connectivity index (χ0v) is 68.2. The summed E-state index contributed by atoms with van der Waals surface area (Å²) in [5.74, 6) is 5.75. The van der Waals surface area contributed by atoms with Gasteiger partial charge >= 0.3 is 0 Å². The van der Waals surface area contributed by atoms with E-state index < -0.39 is 0 Å². The van der Waals surface area contributed by atoms with Crippen LogP contribution < -0.4 is 0 Å². The molecule has 0 N–H and O–H groups in total. The van der Waals surface area contributed by atoms with Gasteiger partial charge in [-0.25, -0.2) is 44.9 Å². The monoisotopic (exact) mass is 1630 g/mol. The van der Waals surface area contributed by atoms with Crippen molar-refractivity contribution in [3.05, 3.63) is 431 Å². The molecule has 0 aliphatic carbocycles. The largest absolute Gasteiger partial charge is 0.455 e. The van der Waals surface area contributed by atoms with Crippen molar-refractivity contribution in [1.29, 1.82) is 0 Å². The first-order valence-electron chi connectivity index (χ1n) is 42.3. The van der Waals surface area contributed by atoms with Gasteiger partial charge in [-0.2, -0.15) is 0 Å². The molecule has 25 aromatic rings. The molecule has 0 aliphatic rings. The molecule has 127 heavy (non-hydrogen) atoms. The number of aromatic nitrogens is 9. The maximum Gasteiger partial charge on any atom is 0.164 e. The summed E-state index contributed by atoms with van der Waals surface area (Å²) in [4.78, 5) is 44.2. The number of furan rings is 3. The Morgan fingerprint density at radius 2 is 0.425 bits per heavy atom. The first-order valence-corrected chi connectivity index (χ1v) is 42.3. The third-order valence-electron chi connectivity index (χ3n) is 23.6. The molecule has 6 heterocycles. The Labute approximate surface area is 728 Å². The fourth-order valence-electron chi connectivity index (χ4n) is 17.3. The fourth-order valence-corrected chi connectivity index (χ4v) is 17.3. The summed E-state index contributed by atoms with van der Waals surface area (Å²) in [6, 6.07) is 147. The van der Waals surface area contributed by atoms with Gasteiger partial charge in [0, 0.05) is 104 Å². The fraction of sp³-hybridized carbons (Fsp3) is 0. The van der Waals surface area contributed by atoms with Gasteiger partial charge in [-0.1, -0.05) is 370 Å². The highest BCUT2D eigenvalue weighted by atomic mass is 16.3. The van der Waals surface area contributed by atoms with Gasteiger partial charge in [0.25, 0.3) is 0 Å². The van der Waals surface area contributed by atoms with E-state index in [1.165, 1.54) is 33.0 Å². The molecule has 0 amide bonds. The van der Waals surface area contributed by atoms with Gasteiger partial charge in [-0.3, -0.25) is 0 Å². The van der Waals surface area contributed by atoms with Gasteiger partial charge in [0.15, 0.2) is 52.4 Å². The molecule has 0 spiro atoms. The van der Waals surface area contributed by atoms with E-state index in [2.05, 4.69) is 237 Å². The maximum absolute atomic E-state index is 6.68. The van der Waals surface area contributed by atoms with E-state index in [9.17, 15) is 0 Å². The lowest BCUT2D eigenvalue weighted by Crippen LogP contribution is -2.00. The second-order valence-electron chi connectivity index (χ2n) is 31.4. The lowest BCUT2D eigenvalue weighted by atomic mass is 9.96. The van der Waals surface area contributed by atoms with Crippen LogP contribution in [0.2, 0.25) is 0 Å². The second-order valence-corrected chi connectivity index (χ2v) is 31.4. The van der Waals surface area contributed by atoms with Gasteiger partial charge in [-0.15, -0.1) is 0 Å². The molecule has 25 rings (SSSR count). The van der Waals surface area contributed by atoms with Crippen molar-refractivity contribution in [1.82, 2.24) is 44.9 Å². The number of hydrogen-bond acceptors (Lipinski definition) is 12. The molecule has 0 radical (unpaired) electrons. The predicted molar refractivity (Wildman–Crippen MR) is 517 cm³/mol. The lowest BCUT2D eigenvalue weighted by Gasteiger charge is -2.10. The van der Waals surface area contributed by atoms with Crippen molar-refractivity contribution in [2.24, 2.45) is 0 Å². The average Bonchev–Trinajstić information content (AvgIpc) is 1.73. The standard InChI is InChI=1S/C41H25N3O.2C37H23N3O/c1-3-11-28(12-4-1)39-42-40(29-13-5-2-6-14-29)44-41(43-39)31-19-18-27-20-22-34-36-24-30(21-23-37(36)45-38(34)35(27)25-31)33-17-9-15-26-10-7-8-16-32(26)33;1-4-12-24(13-5-1)27-18-10-20-30-31-23-22-28-29(34(31)41-33(27)30)19-11-21-32(28)37-39-35(25-14-6-2-7-15-25)38-36(40-37)26-16-8-3-9-17-26;1-4-10-24(11-5-1)27-18-21-33-32(23-27)31-20-16-28-22-29(17-19-30(28)34(31)41-33)37-39-35(25-12-6-2-7-13-25)38-36(40-37)26-14-8-3-9-15-26/h1-25H;2*1-23H. The Morgan fingerprint density at radius 3 is 0.945 bits per heavy atom. The maximum atomic E-state index is 6.68. The number of rotatable bonds is 12. The van der Waals surface area contributed by atoms with Crippen LogP contribution in [0, 0.1) is 0 Å². The minimum atomic E-state index is 0.621. The number of para-hydroxylation sites is 1. The third kappa shape index (κ3) is 14.2. The molecule has 12 nitrogen and oxygen atoms in total. The second kappa shape index (κ2) is 32.2. The summed E-state index contributed by atoms with van der Waals surface area (Å²) in [6.45, 7) is 0. The first kappa shape index (κ1) is 74.7. The van der Waals surface area contributed by atoms with Crippen LogP contribution >= 0.6 is 0 Å². The topological polar surface area (TPSA) is 155 Å². The Morgan fingerprint density at radius 1 is 0.126 bits per heavy atom. The van der Waals surface area contributed by atoms with E-state index >= 15 is 0 Å². The number of fused-ring (bicyclic) bond motifs is 16. The Kier molecular flexibility index (Phi) is 19.0. The van der Waals surface area contributed by atoms with E-state index in [1.807, 2.05) is 194 Å². The zero-order valence-electron chi connectivity index (χ0n) is 68.2. The van der Waals surface area contributed by atoms with Crippen LogP contribution in [0.15, 0.2) is 444 Å². The summed E-state index contributed by atoms with van der Waals surface area (Å²) in [5.41, 5.74) is 20.7. The van der Waals surface area contributed by atoms with E-state index in [-0.39, 0.29) is 0 Å². The van der Waals surface area contributed by atoms with Gasteiger partial charge in [0.2, 0.25) is 0 Å². The number of hydrogen-bond donors (Lipinski definition) is 0. The quantitative estimate of drug-likeness (QED) is 0.114. The Bertz CT molecular complexity index is 8310. The van der Waals surface area contributed by atoms with Crippen LogP contribution in [0.3, 0.4) is 0 Å². The molecule has 6 aromatic heterocycles. The summed E-state index contributed by atoms with van der Waals surface area (Å²) in [7, 11) is 0. The van der Waals surface area contributed by atoms with Crippen LogP contribution in [0.1, 0.15) is 0 Å². The highest BCUT2D eigenvalue weighted by molar-refractivity contribution is 6.20. The molecular formula is C115H71N9O3. The molecule has 0 saturated carbocycles. The summed E-state index contributed by atoms with van der Waals surface area (Å²) >= 11 is 0. The van der Waals surface area contributed by atoms with Crippen LogP contribution in [0.25, 0.3) is 245 Å². The van der Waals surface area contributed by atoms with Crippen LogP contribution in [0.4, 0.5) is 0 Å². The van der Waals surface area contributed by atoms with Crippen molar-refractivity contribution >= 4 is 109 Å². The molecule has 19 aromatic carbocycles. The lowest BCUT2D eigenvalue weighted by molar-refractivity contribution is 0.672. The van der Waals surface area contributed by atoms with Crippen molar-refractivity contribution in [3.8, 4) is 136 Å². The first-order chi connectivity index (χ1) is 62.9. The highest BCUT2D eigenvalue weighted by Crippen LogP contribution is 2.45. The molecule has 0 atom stereocenters. The molecule has 0 unspecified atom stereocenters. The zero-order chi connectivity index (χ0) is 84.1.